The summed E-state index contributed by atoms with van der Waals surface area (Å²) in [7, 11) is 0. The molecule has 10 heteroatoms. The van der Waals surface area contributed by atoms with Gasteiger partial charge < -0.3 is 41.3 Å². The van der Waals surface area contributed by atoms with Gasteiger partial charge in [0.15, 0.2) is 17.2 Å². The van der Waals surface area contributed by atoms with Gasteiger partial charge >= 0.3 is 5.97 Å². The molecule has 4 rings (SSSR count). The third kappa shape index (κ3) is 3.61. The van der Waals surface area contributed by atoms with E-state index in [1.807, 2.05) is 0 Å². The molecule has 2 aromatic carbocycles. The molecule has 0 spiro atoms. The van der Waals surface area contributed by atoms with E-state index in [-0.39, 0.29) is 33.3 Å². The van der Waals surface area contributed by atoms with E-state index in [0.717, 1.165) is 6.07 Å². The van der Waals surface area contributed by atoms with Gasteiger partial charge in [0.25, 0.3) is 0 Å². The van der Waals surface area contributed by atoms with Crippen LogP contribution in [0.4, 0.5) is 0 Å². The fourth-order valence-corrected chi connectivity index (χ4v) is 3.11. The van der Waals surface area contributed by atoms with Gasteiger partial charge in [0.05, 0.1) is 5.56 Å². The molecule has 10 N–H and O–H groups in total. The van der Waals surface area contributed by atoms with Crippen molar-refractivity contribution in [3.05, 3.63) is 64.3 Å². The first kappa shape index (κ1) is 23.9. The average molecular weight is 418 g/mol. The molecule has 0 unspecified atom stereocenters. The zero-order valence-electron chi connectivity index (χ0n) is 15.1. The van der Waals surface area contributed by atoms with Crippen LogP contribution in [0.5, 0.6) is 17.2 Å². The van der Waals surface area contributed by atoms with Crippen LogP contribution in [-0.2, 0) is 0 Å². The van der Waals surface area contributed by atoms with Crippen LogP contribution in [0, 0.1) is 0 Å². The second kappa shape index (κ2) is 8.49. The maximum absolute atomic E-state index is 11.8. The highest BCUT2D eigenvalue weighted by atomic mass is 16.4. The number of hydrogen-bond donors (Lipinski definition) is 4. The summed E-state index contributed by atoms with van der Waals surface area (Å²) < 4.78 is 5.65. The summed E-state index contributed by atoms with van der Waals surface area (Å²) in [6.07, 6.45) is 0. The van der Waals surface area contributed by atoms with Crippen LogP contribution >= 0.6 is 0 Å². The predicted octanol–water partition coefficient (Wildman–Crippen LogP) is 0.906. The lowest BCUT2D eigenvalue weighted by Crippen LogP contribution is -2.04. The first-order chi connectivity index (χ1) is 12.9. The summed E-state index contributed by atoms with van der Waals surface area (Å²) in [5.41, 5.74) is 0.404. The highest BCUT2D eigenvalue weighted by Crippen LogP contribution is 2.44. The Kier molecular flexibility index (Phi) is 6.77. The minimum Gasteiger partial charge on any atom is -0.504 e. The van der Waals surface area contributed by atoms with Gasteiger partial charge in [-0.2, -0.15) is 0 Å². The predicted molar refractivity (Wildman–Crippen MR) is 107 cm³/mol. The van der Waals surface area contributed by atoms with Crippen molar-refractivity contribution in [1.29, 1.82) is 0 Å². The Hall–Kier alpha value is -4.12. The zero-order chi connectivity index (χ0) is 19.3. The zero-order valence-corrected chi connectivity index (χ0v) is 15.1. The highest BCUT2D eigenvalue weighted by molar-refractivity contribution is 6.08. The molecule has 30 heavy (non-hydrogen) atoms. The van der Waals surface area contributed by atoms with Crippen molar-refractivity contribution >= 4 is 16.9 Å². The first-order valence-electron chi connectivity index (χ1n) is 7.85. The minimum atomic E-state index is -1.17. The monoisotopic (exact) mass is 418 g/mol. The molecule has 0 saturated carbocycles. The number of hydrogen-bond acceptors (Lipinski definition) is 6. The number of rotatable bonds is 2. The molecule has 0 amide bonds. The Bertz CT molecular complexity index is 1260. The van der Waals surface area contributed by atoms with Gasteiger partial charge in [-0.15, -0.1) is 0 Å². The van der Waals surface area contributed by atoms with E-state index in [1.54, 1.807) is 18.2 Å². The standard InChI is InChI=1S/C20H12O7.3H2O/c21-13-5-11-17(7-15(13)23)27-18-8-16(24)14(22)6-12(18)19(11)9-3-1-2-4-10(9)20(25)26;;;/h1-8,21-23H,(H,25,26);3*1H2. The van der Waals surface area contributed by atoms with E-state index in [4.69, 9.17) is 4.42 Å². The Labute approximate surface area is 167 Å². The van der Waals surface area contributed by atoms with E-state index in [2.05, 4.69) is 0 Å². The summed E-state index contributed by atoms with van der Waals surface area (Å²) >= 11 is 0. The second-order valence-corrected chi connectivity index (χ2v) is 5.98. The summed E-state index contributed by atoms with van der Waals surface area (Å²) in [5.74, 6) is -2.43. The first-order valence-corrected chi connectivity index (χ1v) is 7.85. The molecule has 158 valence electrons. The molecule has 0 aromatic heterocycles. The lowest BCUT2D eigenvalue weighted by Gasteiger charge is -2.17. The fraction of sp³-hybridized carbons (Fsp3) is 0. The van der Waals surface area contributed by atoms with Crippen molar-refractivity contribution in [3.63, 3.8) is 0 Å². The van der Waals surface area contributed by atoms with Crippen molar-refractivity contribution < 1.29 is 46.1 Å². The largest absolute Gasteiger partial charge is 0.504 e. The number of aromatic hydroxyl groups is 3. The van der Waals surface area contributed by atoms with E-state index in [9.17, 15) is 30.0 Å². The Morgan fingerprint density at radius 2 is 1.43 bits per heavy atom. The molecule has 2 aromatic rings. The van der Waals surface area contributed by atoms with Crippen LogP contribution < -0.4 is 5.43 Å². The fourth-order valence-electron chi connectivity index (χ4n) is 3.11. The molecule has 1 aliphatic heterocycles. The molecule has 0 atom stereocenters. The lowest BCUT2D eigenvalue weighted by molar-refractivity contribution is 0.0697. The third-order valence-electron chi connectivity index (χ3n) is 4.32. The molecule has 0 radical (unpaired) electrons. The number of benzene rings is 3. The van der Waals surface area contributed by atoms with Gasteiger partial charge in [-0.25, -0.2) is 4.79 Å². The van der Waals surface area contributed by atoms with Gasteiger partial charge in [-0.3, -0.25) is 4.79 Å². The number of carboxylic acid groups (broad SMARTS) is 1. The van der Waals surface area contributed by atoms with Gasteiger partial charge in [-0.05, 0) is 23.8 Å². The number of phenolic OH excluding ortho intramolecular Hbond substituents is 3. The number of carboxylic acids is 1. The number of carbonyl (C=O) groups is 1. The summed E-state index contributed by atoms with van der Waals surface area (Å²) in [4.78, 5) is 23.5. The van der Waals surface area contributed by atoms with Crippen molar-refractivity contribution in [3.8, 4) is 39.7 Å². The Balaban J connectivity index is 0.00000150. The van der Waals surface area contributed by atoms with Crippen LogP contribution in [0.3, 0.4) is 0 Å². The van der Waals surface area contributed by atoms with Gasteiger partial charge in [0.2, 0.25) is 5.43 Å². The SMILES string of the molecule is O.O.O.O=C(O)c1ccccc1-c1c2cc(O)c(=O)cc-2oc2cc(O)c(O)cc12. The van der Waals surface area contributed by atoms with Gasteiger partial charge in [-0.1, -0.05) is 18.2 Å². The Morgan fingerprint density at radius 3 is 2.10 bits per heavy atom. The van der Waals surface area contributed by atoms with Crippen LogP contribution in [0.1, 0.15) is 10.4 Å². The van der Waals surface area contributed by atoms with E-state index >= 15 is 0 Å². The van der Waals surface area contributed by atoms with Crippen molar-refractivity contribution in [1.82, 2.24) is 0 Å². The highest BCUT2D eigenvalue weighted by Gasteiger charge is 2.23. The summed E-state index contributed by atoms with van der Waals surface area (Å²) in [5, 5.41) is 39.5. The summed E-state index contributed by atoms with van der Waals surface area (Å²) in [6, 6.07) is 10.9. The second-order valence-electron chi connectivity index (χ2n) is 5.98. The molecule has 1 heterocycles. The van der Waals surface area contributed by atoms with Crippen LogP contribution in [0.15, 0.2) is 57.7 Å². The topological polar surface area (TPSA) is 223 Å². The van der Waals surface area contributed by atoms with Crippen molar-refractivity contribution in [2.75, 3.05) is 0 Å². The average Bonchev–Trinajstić information content (AvgIpc) is 2.63. The van der Waals surface area contributed by atoms with Gasteiger partial charge in [0, 0.05) is 28.6 Å². The molecule has 10 nitrogen and oxygen atoms in total. The van der Waals surface area contributed by atoms with Gasteiger partial charge in [0.1, 0.15) is 11.3 Å². The Morgan fingerprint density at radius 1 is 0.800 bits per heavy atom. The van der Waals surface area contributed by atoms with Crippen LogP contribution in [-0.4, -0.2) is 42.8 Å². The van der Waals surface area contributed by atoms with Crippen LogP contribution in [0.2, 0.25) is 0 Å². The molecule has 1 aliphatic carbocycles. The molecule has 0 bridgehead atoms. The molecule has 2 aliphatic rings. The van der Waals surface area contributed by atoms with Crippen molar-refractivity contribution in [2.45, 2.75) is 0 Å². The number of fused-ring (bicyclic) bond motifs is 2. The summed E-state index contributed by atoms with van der Waals surface area (Å²) in [6.45, 7) is 0. The number of phenols is 3. The smallest absolute Gasteiger partial charge is 0.336 e. The normalized spacial score (nSPS) is 10.0. The number of aromatic carboxylic acids is 1. The maximum atomic E-state index is 11.8. The minimum absolute atomic E-state index is 0. The van der Waals surface area contributed by atoms with E-state index in [0.29, 0.717) is 22.1 Å². The third-order valence-corrected chi connectivity index (χ3v) is 4.32. The molecular weight excluding hydrogens is 400 g/mol. The molecule has 0 fully saturated rings. The van der Waals surface area contributed by atoms with Crippen LogP contribution in [0.25, 0.3) is 33.4 Å². The van der Waals surface area contributed by atoms with E-state index < -0.39 is 28.6 Å². The molecule has 0 saturated heterocycles. The molecular formula is C20H18O10. The quantitative estimate of drug-likeness (QED) is 0.271. The van der Waals surface area contributed by atoms with Crippen molar-refractivity contribution in [2.24, 2.45) is 0 Å². The maximum Gasteiger partial charge on any atom is 0.336 e. The van der Waals surface area contributed by atoms with E-state index in [1.165, 1.54) is 24.3 Å². The lowest BCUT2D eigenvalue weighted by atomic mass is 9.90.